The number of halogens is 3. The lowest BCUT2D eigenvalue weighted by Gasteiger charge is -2.26. The molecule has 36 heavy (non-hydrogen) atoms. The zero-order valence-corrected chi connectivity index (χ0v) is 19.1. The normalized spacial score (nSPS) is 14.0. The largest absolute Gasteiger partial charge is 0.463 e. The summed E-state index contributed by atoms with van der Waals surface area (Å²) in [5.41, 5.74) is 2.43. The molecule has 0 atom stereocenters. The predicted molar refractivity (Wildman–Crippen MR) is 127 cm³/mol. The minimum atomic E-state index is -4.59. The van der Waals surface area contributed by atoms with E-state index >= 15 is 0 Å². The van der Waals surface area contributed by atoms with Crippen LogP contribution in [0.2, 0.25) is 0 Å². The molecule has 0 bridgehead atoms. The van der Waals surface area contributed by atoms with Crippen LogP contribution in [0, 0.1) is 0 Å². The third-order valence-electron chi connectivity index (χ3n) is 5.91. The molecule has 9 heteroatoms. The Morgan fingerprint density at radius 1 is 1.03 bits per heavy atom. The Balaban J connectivity index is 1.34. The fourth-order valence-electron chi connectivity index (χ4n) is 4.06. The van der Waals surface area contributed by atoms with Crippen LogP contribution in [0.5, 0.6) is 0 Å². The first kappa shape index (κ1) is 23.5. The summed E-state index contributed by atoms with van der Waals surface area (Å²) in [5.74, 6) is 0.282. The monoisotopic (exact) mass is 493 g/mol. The van der Waals surface area contributed by atoms with Crippen LogP contribution in [-0.2, 0) is 17.5 Å². The van der Waals surface area contributed by atoms with Gasteiger partial charge in [-0.15, -0.1) is 0 Å². The average Bonchev–Trinajstić information content (AvgIpc) is 3.58. The number of rotatable bonds is 5. The van der Waals surface area contributed by atoms with E-state index in [4.69, 9.17) is 9.15 Å². The molecule has 0 fully saturated rings. The van der Waals surface area contributed by atoms with Crippen molar-refractivity contribution in [2.45, 2.75) is 19.2 Å². The molecule has 0 saturated heterocycles. The van der Waals surface area contributed by atoms with Crippen molar-refractivity contribution in [1.29, 1.82) is 0 Å². The van der Waals surface area contributed by atoms with Crippen molar-refractivity contribution in [1.82, 2.24) is 14.7 Å². The number of aromatic nitrogens is 2. The molecule has 0 N–H and O–H groups in total. The molecule has 0 saturated carbocycles. The number of nitrogens with zero attached hydrogens (tertiary/aromatic N) is 3. The quantitative estimate of drug-likeness (QED) is 0.315. The maximum Gasteiger partial charge on any atom is 0.435 e. The molecule has 1 aliphatic heterocycles. The molecular weight excluding hydrogens is 471 g/mol. The number of hydrogen-bond acceptors (Lipinski definition) is 4. The molecule has 6 nitrogen and oxygen atoms in total. The first-order valence-electron chi connectivity index (χ1n) is 11.3. The van der Waals surface area contributed by atoms with E-state index in [0.29, 0.717) is 25.2 Å². The summed E-state index contributed by atoms with van der Waals surface area (Å²) in [6, 6.07) is 20.8. The van der Waals surface area contributed by atoms with Crippen LogP contribution < -0.4 is 0 Å². The van der Waals surface area contributed by atoms with Crippen LogP contribution in [0.25, 0.3) is 22.7 Å². The van der Waals surface area contributed by atoms with Gasteiger partial charge in [-0.1, -0.05) is 48.5 Å². The smallest absolute Gasteiger partial charge is 0.435 e. The molecule has 3 heterocycles. The van der Waals surface area contributed by atoms with Crippen molar-refractivity contribution < 1.29 is 27.1 Å². The van der Waals surface area contributed by atoms with Gasteiger partial charge in [-0.3, -0.25) is 0 Å². The standard InChI is InChI=1S/C27H22F3N3O3/c28-27(29,30)25-17-23(24-10-5-15-35-24)33(31-25)22-9-4-8-21(16-22)20-11-13-32(14-12-20)26(34)36-18-19-6-2-1-3-7-19/h1-11,15-17H,12-14,18H2. The lowest BCUT2D eigenvalue weighted by Crippen LogP contribution is -2.35. The van der Waals surface area contributed by atoms with Gasteiger partial charge in [0.25, 0.3) is 0 Å². The summed E-state index contributed by atoms with van der Waals surface area (Å²) in [4.78, 5) is 14.1. The van der Waals surface area contributed by atoms with E-state index in [1.54, 1.807) is 35.2 Å². The highest BCUT2D eigenvalue weighted by atomic mass is 19.4. The fraction of sp³-hybridized carbons (Fsp3) is 0.185. The van der Waals surface area contributed by atoms with E-state index < -0.39 is 11.9 Å². The second kappa shape index (κ2) is 9.77. The van der Waals surface area contributed by atoms with Gasteiger partial charge in [-0.2, -0.15) is 18.3 Å². The summed E-state index contributed by atoms with van der Waals surface area (Å²) in [7, 11) is 0. The maximum atomic E-state index is 13.4. The zero-order valence-electron chi connectivity index (χ0n) is 19.1. The number of benzene rings is 2. The van der Waals surface area contributed by atoms with Gasteiger partial charge in [0.2, 0.25) is 0 Å². The van der Waals surface area contributed by atoms with E-state index in [9.17, 15) is 18.0 Å². The minimum absolute atomic E-state index is 0.203. The summed E-state index contributed by atoms with van der Waals surface area (Å²) in [6.45, 7) is 1.06. The van der Waals surface area contributed by atoms with Crippen molar-refractivity contribution in [3.63, 3.8) is 0 Å². The number of hydrogen-bond donors (Lipinski definition) is 0. The van der Waals surface area contributed by atoms with Gasteiger partial charge in [0.05, 0.1) is 12.0 Å². The van der Waals surface area contributed by atoms with Crippen molar-refractivity contribution in [2.24, 2.45) is 0 Å². The van der Waals surface area contributed by atoms with E-state index in [1.807, 2.05) is 42.5 Å². The molecule has 4 aromatic rings. The molecule has 0 spiro atoms. The van der Waals surface area contributed by atoms with Gasteiger partial charge in [0.1, 0.15) is 12.3 Å². The second-order valence-corrected chi connectivity index (χ2v) is 8.32. The average molecular weight is 493 g/mol. The molecule has 0 radical (unpaired) electrons. The number of amides is 1. The van der Waals surface area contributed by atoms with Crippen molar-refractivity contribution >= 4 is 11.7 Å². The lowest BCUT2D eigenvalue weighted by molar-refractivity contribution is -0.141. The van der Waals surface area contributed by atoms with Crippen LogP contribution in [0.1, 0.15) is 23.2 Å². The molecule has 1 aliphatic rings. The Morgan fingerprint density at radius 2 is 1.86 bits per heavy atom. The van der Waals surface area contributed by atoms with Crippen molar-refractivity contribution in [3.8, 4) is 17.1 Å². The fourth-order valence-corrected chi connectivity index (χ4v) is 4.06. The highest BCUT2D eigenvalue weighted by Gasteiger charge is 2.35. The number of alkyl halides is 3. The Labute approximate surface area is 205 Å². The molecule has 0 unspecified atom stereocenters. The van der Waals surface area contributed by atoms with E-state index in [0.717, 1.165) is 22.8 Å². The summed E-state index contributed by atoms with van der Waals surface area (Å²) < 4.78 is 52.2. The van der Waals surface area contributed by atoms with Crippen molar-refractivity contribution in [3.05, 3.63) is 102 Å². The SMILES string of the molecule is O=C(OCc1ccccc1)N1CC=C(c2cccc(-n3nc(C(F)(F)F)cc3-c3ccco3)c2)CC1. The van der Waals surface area contributed by atoms with Gasteiger partial charge in [-0.25, -0.2) is 9.48 Å². The zero-order chi connectivity index (χ0) is 25.1. The molecule has 184 valence electrons. The van der Waals surface area contributed by atoms with Gasteiger partial charge in [-0.05, 0) is 47.4 Å². The highest BCUT2D eigenvalue weighted by molar-refractivity contribution is 5.73. The van der Waals surface area contributed by atoms with E-state index in [2.05, 4.69) is 5.10 Å². The molecule has 5 rings (SSSR count). The van der Waals surface area contributed by atoms with Gasteiger partial charge in [0.15, 0.2) is 11.5 Å². The van der Waals surface area contributed by atoms with Crippen LogP contribution in [0.3, 0.4) is 0 Å². The Morgan fingerprint density at radius 3 is 2.56 bits per heavy atom. The first-order chi connectivity index (χ1) is 17.4. The third-order valence-corrected chi connectivity index (χ3v) is 5.91. The molecule has 2 aromatic heterocycles. The van der Waals surface area contributed by atoms with Crippen molar-refractivity contribution in [2.75, 3.05) is 13.1 Å². The predicted octanol–water partition coefficient (Wildman–Crippen LogP) is 6.58. The van der Waals surface area contributed by atoms with Gasteiger partial charge >= 0.3 is 12.3 Å². The van der Waals surface area contributed by atoms with Crippen LogP contribution in [0.4, 0.5) is 18.0 Å². The lowest BCUT2D eigenvalue weighted by atomic mass is 9.99. The highest BCUT2D eigenvalue weighted by Crippen LogP contribution is 2.34. The van der Waals surface area contributed by atoms with Crippen LogP contribution in [0.15, 0.2) is 89.6 Å². The molecule has 2 aromatic carbocycles. The summed E-state index contributed by atoms with van der Waals surface area (Å²) >= 11 is 0. The van der Waals surface area contributed by atoms with E-state index in [-0.39, 0.29) is 24.2 Å². The van der Waals surface area contributed by atoms with E-state index in [1.165, 1.54) is 10.9 Å². The van der Waals surface area contributed by atoms with Crippen LogP contribution in [-0.4, -0.2) is 33.9 Å². The molecule has 0 aliphatic carbocycles. The number of furan rings is 1. The molecule has 1 amide bonds. The first-order valence-corrected chi connectivity index (χ1v) is 11.3. The minimum Gasteiger partial charge on any atom is -0.463 e. The topological polar surface area (TPSA) is 60.5 Å². The summed E-state index contributed by atoms with van der Waals surface area (Å²) in [5, 5.41) is 3.82. The van der Waals surface area contributed by atoms with Gasteiger partial charge in [0, 0.05) is 19.2 Å². The van der Waals surface area contributed by atoms with Crippen LogP contribution >= 0.6 is 0 Å². The third kappa shape index (κ3) is 5.05. The Kier molecular flexibility index (Phi) is 6.37. The molecular formula is C27H22F3N3O3. The number of ether oxygens (including phenoxy) is 1. The number of carbonyl (C=O) groups excluding carboxylic acids is 1. The number of carbonyl (C=O) groups is 1. The second-order valence-electron chi connectivity index (χ2n) is 8.32. The van der Waals surface area contributed by atoms with Gasteiger partial charge < -0.3 is 14.1 Å². The maximum absolute atomic E-state index is 13.4. The summed E-state index contributed by atoms with van der Waals surface area (Å²) in [6.07, 6.45) is -1.05. The Bertz CT molecular complexity index is 1380. The Hall–Kier alpha value is -4.27.